The molecule has 2 rings (SSSR count). The number of anilines is 1. The van der Waals surface area contributed by atoms with E-state index in [4.69, 9.17) is 18.0 Å². The number of piperidine rings is 1. The maximum absolute atomic E-state index is 5.47. The van der Waals surface area contributed by atoms with Gasteiger partial charge in [0, 0.05) is 13.1 Å². The second kappa shape index (κ2) is 6.06. The van der Waals surface area contributed by atoms with E-state index in [9.17, 15) is 0 Å². The number of aromatic nitrogens is 2. The molecule has 18 heavy (non-hydrogen) atoms. The molecule has 98 valence electrons. The molecule has 0 bridgehead atoms. The zero-order chi connectivity index (χ0) is 13.0. The van der Waals surface area contributed by atoms with Crippen LogP contribution in [0.2, 0.25) is 0 Å². The van der Waals surface area contributed by atoms with Gasteiger partial charge in [0.05, 0.1) is 12.4 Å². The van der Waals surface area contributed by atoms with E-state index in [1.807, 2.05) is 0 Å². The monoisotopic (exact) mass is 265 g/mol. The number of nitrogens with one attached hydrogen (secondary N) is 1. The van der Waals surface area contributed by atoms with Crippen molar-refractivity contribution in [2.45, 2.75) is 12.8 Å². The largest absolute Gasteiger partial charge is 0.388 e. The lowest BCUT2D eigenvalue weighted by atomic mass is 9.98. The van der Waals surface area contributed by atoms with E-state index >= 15 is 0 Å². The normalized spacial score (nSPS) is 20.6. The Morgan fingerprint density at radius 3 is 3.00 bits per heavy atom. The standard InChI is InChI=1S/C12H19N5S/c1-17-4-2-3-9(8-17)5-15-11-7-14-10(6-16-11)12(13)18/h6-7,9H,2-5,8H2,1H3,(H2,13,18)(H,15,16). The van der Waals surface area contributed by atoms with Crippen molar-refractivity contribution in [3.05, 3.63) is 18.1 Å². The third-order valence-electron chi connectivity index (χ3n) is 3.20. The Balaban J connectivity index is 1.84. The van der Waals surface area contributed by atoms with Crippen LogP contribution in [0.5, 0.6) is 0 Å². The molecular weight excluding hydrogens is 246 g/mol. The molecule has 1 atom stereocenters. The first-order chi connectivity index (χ1) is 8.65. The maximum Gasteiger partial charge on any atom is 0.144 e. The Bertz CT molecular complexity index is 405. The van der Waals surface area contributed by atoms with Gasteiger partial charge in [-0.2, -0.15) is 0 Å². The molecule has 0 aromatic carbocycles. The summed E-state index contributed by atoms with van der Waals surface area (Å²) in [6.07, 6.45) is 5.84. The van der Waals surface area contributed by atoms with Crippen LogP contribution >= 0.6 is 12.2 Å². The molecule has 1 aliphatic rings. The van der Waals surface area contributed by atoms with Crippen molar-refractivity contribution in [1.82, 2.24) is 14.9 Å². The van der Waals surface area contributed by atoms with Crippen LogP contribution in [0.25, 0.3) is 0 Å². The Morgan fingerprint density at radius 2 is 2.39 bits per heavy atom. The molecule has 0 saturated carbocycles. The summed E-state index contributed by atoms with van der Waals surface area (Å²) in [4.78, 5) is 11.1. The predicted octanol–water partition coefficient (Wildman–Crippen LogP) is 0.864. The summed E-state index contributed by atoms with van der Waals surface area (Å²) in [7, 11) is 2.17. The summed E-state index contributed by atoms with van der Waals surface area (Å²) in [5.41, 5.74) is 6.04. The molecule has 1 unspecified atom stereocenters. The SMILES string of the molecule is CN1CCCC(CNc2cnc(C(N)=S)cn2)C1. The Morgan fingerprint density at radius 1 is 1.56 bits per heavy atom. The van der Waals surface area contributed by atoms with Gasteiger partial charge in [0.15, 0.2) is 0 Å². The number of hydrogen-bond donors (Lipinski definition) is 2. The molecule has 1 saturated heterocycles. The first-order valence-electron chi connectivity index (χ1n) is 6.19. The van der Waals surface area contributed by atoms with E-state index < -0.39 is 0 Å². The highest BCUT2D eigenvalue weighted by atomic mass is 32.1. The first kappa shape index (κ1) is 13.2. The molecular formula is C12H19N5S. The van der Waals surface area contributed by atoms with Gasteiger partial charge in [-0.05, 0) is 32.4 Å². The Hall–Kier alpha value is -1.27. The van der Waals surface area contributed by atoms with Gasteiger partial charge >= 0.3 is 0 Å². The van der Waals surface area contributed by atoms with Crippen molar-refractivity contribution in [1.29, 1.82) is 0 Å². The van der Waals surface area contributed by atoms with Gasteiger partial charge in [-0.1, -0.05) is 12.2 Å². The first-order valence-corrected chi connectivity index (χ1v) is 6.60. The van der Waals surface area contributed by atoms with Gasteiger partial charge in [-0.15, -0.1) is 0 Å². The van der Waals surface area contributed by atoms with Crippen molar-refractivity contribution in [3.63, 3.8) is 0 Å². The molecule has 1 aliphatic heterocycles. The zero-order valence-electron chi connectivity index (χ0n) is 10.6. The summed E-state index contributed by atoms with van der Waals surface area (Å²) in [6.45, 7) is 3.29. The fourth-order valence-electron chi connectivity index (χ4n) is 2.24. The van der Waals surface area contributed by atoms with Gasteiger partial charge < -0.3 is 16.0 Å². The molecule has 2 heterocycles. The fraction of sp³-hybridized carbons (Fsp3) is 0.583. The van der Waals surface area contributed by atoms with Crippen LogP contribution in [0, 0.1) is 5.92 Å². The fourth-order valence-corrected chi connectivity index (χ4v) is 2.34. The van der Waals surface area contributed by atoms with Crippen molar-refractivity contribution >= 4 is 23.0 Å². The van der Waals surface area contributed by atoms with Gasteiger partial charge in [0.25, 0.3) is 0 Å². The maximum atomic E-state index is 5.47. The van der Waals surface area contributed by atoms with E-state index in [-0.39, 0.29) is 4.99 Å². The molecule has 5 nitrogen and oxygen atoms in total. The average molecular weight is 265 g/mol. The molecule has 0 spiro atoms. The van der Waals surface area contributed by atoms with Crippen molar-refractivity contribution in [3.8, 4) is 0 Å². The van der Waals surface area contributed by atoms with Crippen LogP contribution in [0.1, 0.15) is 18.5 Å². The number of nitrogens with zero attached hydrogens (tertiary/aromatic N) is 3. The predicted molar refractivity (Wildman–Crippen MR) is 76.6 cm³/mol. The highest BCUT2D eigenvalue weighted by Crippen LogP contribution is 2.15. The number of thiocarbonyl (C=S) groups is 1. The summed E-state index contributed by atoms with van der Waals surface area (Å²) in [5.74, 6) is 1.46. The quantitative estimate of drug-likeness (QED) is 0.787. The van der Waals surface area contributed by atoms with Gasteiger partial charge in [-0.3, -0.25) is 0 Å². The third-order valence-corrected chi connectivity index (χ3v) is 3.41. The minimum absolute atomic E-state index is 0.281. The second-order valence-corrected chi connectivity index (χ2v) is 5.24. The molecule has 6 heteroatoms. The van der Waals surface area contributed by atoms with Crippen LogP contribution in [-0.4, -0.2) is 46.5 Å². The Labute approximate surface area is 113 Å². The smallest absolute Gasteiger partial charge is 0.144 e. The Kier molecular flexibility index (Phi) is 4.43. The average Bonchev–Trinajstić information content (AvgIpc) is 2.37. The lowest BCUT2D eigenvalue weighted by Gasteiger charge is -2.29. The highest BCUT2D eigenvalue weighted by Gasteiger charge is 2.16. The molecule has 3 N–H and O–H groups in total. The van der Waals surface area contributed by atoms with Crippen LogP contribution < -0.4 is 11.1 Å². The van der Waals surface area contributed by atoms with E-state index in [1.54, 1.807) is 12.4 Å². The third kappa shape index (κ3) is 3.61. The summed E-state index contributed by atoms with van der Waals surface area (Å²) >= 11 is 4.83. The number of hydrogen-bond acceptors (Lipinski definition) is 5. The molecule has 1 aromatic heterocycles. The summed E-state index contributed by atoms with van der Waals surface area (Å²) < 4.78 is 0. The molecule has 1 fully saturated rings. The van der Waals surface area contributed by atoms with Crippen LogP contribution in [0.15, 0.2) is 12.4 Å². The van der Waals surface area contributed by atoms with E-state index in [0.717, 1.165) is 18.9 Å². The zero-order valence-corrected chi connectivity index (χ0v) is 11.4. The number of rotatable bonds is 4. The topological polar surface area (TPSA) is 67.1 Å². The van der Waals surface area contributed by atoms with Crippen molar-refractivity contribution < 1.29 is 0 Å². The lowest BCUT2D eigenvalue weighted by Crippen LogP contribution is -2.35. The van der Waals surface area contributed by atoms with E-state index in [0.29, 0.717) is 11.6 Å². The van der Waals surface area contributed by atoms with Crippen LogP contribution in [0.4, 0.5) is 5.82 Å². The van der Waals surface area contributed by atoms with Crippen LogP contribution in [0.3, 0.4) is 0 Å². The van der Waals surface area contributed by atoms with Crippen LogP contribution in [-0.2, 0) is 0 Å². The number of likely N-dealkylation sites (tertiary alicyclic amines) is 1. The molecule has 1 aromatic rings. The van der Waals surface area contributed by atoms with Crippen molar-refractivity contribution in [2.75, 3.05) is 32.0 Å². The van der Waals surface area contributed by atoms with Gasteiger partial charge in [-0.25, -0.2) is 9.97 Å². The minimum atomic E-state index is 0.281. The van der Waals surface area contributed by atoms with Gasteiger partial charge in [0.2, 0.25) is 0 Å². The highest BCUT2D eigenvalue weighted by molar-refractivity contribution is 7.80. The summed E-state index contributed by atoms with van der Waals surface area (Å²) in [5, 5.41) is 3.32. The van der Waals surface area contributed by atoms with Crippen molar-refractivity contribution in [2.24, 2.45) is 11.7 Å². The summed E-state index contributed by atoms with van der Waals surface area (Å²) in [6, 6.07) is 0. The number of nitrogens with two attached hydrogens (primary N) is 1. The minimum Gasteiger partial charge on any atom is -0.388 e. The second-order valence-electron chi connectivity index (χ2n) is 4.80. The molecule has 0 radical (unpaired) electrons. The van der Waals surface area contributed by atoms with E-state index in [1.165, 1.54) is 19.4 Å². The molecule has 0 amide bonds. The lowest BCUT2D eigenvalue weighted by molar-refractivity contribution is 0.217. The van der Waals surface area contributed by atoms with Gasteiger partial charge in [0.1, 0.15) is 16.5 Å². The molecule has 0 aliphatic carbocycles. The van der Waals surface area contributed by atoms with E-state index in [2.05, 4.69) is 27.2 Å².